The quantitative estimate of drug-likeness (QED) is 0.572. The molecule has 0 radical (unpaired) electrons. The molecule has 0 saturated heterocycles. The lowest BCUT2D eigenvalue weighted by Gasteiger charge is -2.13. The molecule has 0 bridgehead atoms. The summed E-state index contributed by atoms with van der Waals surface area (Å²) in [5.74, 6) is 1.40. The van der Waals surface area contributed by atoms with Crippen LogP contribution in [0.25, 0.3) is 22.4 Å². The van der Waals surface area contributed by atoms with Gasteiger partial charge < -0.3 is 0 Å². The molecule has 0 aliphatic heterocycles. The third-order valence-electron chi connectivity index (χ3n) is 4.16. The molecule has 2 heterocycles. The molecule has 23 heavy (non-hydrogen) atoms. The number of nitrogens with zero attached hydrogens (tertiary/aromatic N) is 4. The van der Waals surface area contributed by atoms with Crippen molar-refractivity contribution in [3.05, 3.63) is 70.3 Å². The predicted octanol–water partition coefficient (Wildman–Crippen LogP) is 2.90. The van der Waals surface area contributed by atoms with E-state index in [0.717, 1.165) is 29.0 Å². The van der Waals surface area contributed by atoms with E-state index >= 15 is 0 Å². The smallest absolute Gasteiger partial charge is 0.267 e. The first-order valence-corrected chi connectivity index (χ1v) is 7.66. The average molecular weight is 304 g/mol. The molecule has 0 atom stereocenters. The highest BCUT2D eigenvalue weighted by Crippen LogP contribution is 2.19. The van der Waals surface area contributed by atoms with E-state index < -0.39 is 0 Å². The molecule has 5 nitrogen and oxygen atoms in total. The molecule has 0 saturated carbocycles. The largest absolute Gasteiger partial charge is 0.268 e. The van der Waals surface area contributed by atoms with Gasteiger partial charge >= 0.3 is 0 Å². The van der Waals surface area contributed by atoms with Crippen LogP contribution in [0.1, 0.15) is 18.3 Å². The van der Waals surface area contributed by atoms with Gasteiger partial charge in [0.25, 0.3) is 5.56 Å². The summed E-state index contributed by atoms with van der Waals surface area (Å²) in [6, 6.07) is 15.4. The predicted molar refractivity (Wildman–Crippen MR) is 90.2 cm³/mol. The Bertz CT molecular complexity index is 1090. The highest BCUT2D eigenvalue weighted by Gasteiger charge is 2.17. The summed E-state index contributed by atoms with van der Waals surface area (Å²) >= 11 is 0. The van der Waals surface area contributed by atoms with Crippen LogP contribution in [0.4, 0.5) is 0 Å². The molecule has 2 aromatic carbocycles. The fraction of sp³-hybridized carbons (Fsp3) is 0.167. The van der Waals surface area contributed by atoms with Crippen LogP contribution < -0.4 is 5.56 Å². The van der Waals surface area contributed by atoms with Gasteiger partial charge in [0.05, 0.1) is 16.6 Å². The van der Waals surface area contributed by atoms with E-state index in [1.807, 2.05) is 66.8 Å². The lowest BCUT2D eigenvalue weighted by molar-refractivity contribution is 0.916. The summed E-state index contributed by atoms with van der Waals surface area (Å²) in [7, 11) is 0. The SMILES string of the molecule is CCc1nnc2n(-c3ccccc3C)c(=O)c3ccccc3n12. The molecule has 5 heteroatoms. The van der Waals surface area contributed by atoms with Gasteiger partial charge in [0.15, 0.2) is 0 Å². The Morgan fingerprint density at radius 3 is 2.52 bits per heavy atom. The van der Waals surface area contributed by atoms with E-state index in [4.69, 9.17) is 0 Å². The molecular formula is C18H16N4O. The van der Waals surface area contributed by atoms with Crippen LogP contribution in [-0.2, 0) is 6.42 Å². The minimum Gasteiger partial charge on any atom is -0.268 e. The van der Waals surface area contributed by atoms with E-state index in [-0.39, 0.29) is 5.56 Å². The maximum absolute atomic E-state index is 13.1. The van der Waals surface area contributed by atoms with Gasteiger partial charge in [0.2, 0.25) is 5.78 Å². The highest BCUT2D eigenvalue weighted by molar-refractivity contribution is 5.81. The maximum atomic E-state index is 13.1. The Labute approximate surface area is 132 Å². The van der Waals surface area contributed by atoms with Gasteiger partial charge in [0, 0.05) is 6.42 Å². The summed E-state index contributed by atoms with van der Waals surface area (Å²) < 4.78 is 3.63. The number of aryl methyl sites for hydroxylation is 2. The van der Waals surface area contributed by atoms with Gasteiger partial charge in [-0.25, -0.2) is 4.57 Å². The van der Waals surface area contributed by atoms with Gasteiger partial charge in [-0.05, 0) is 30.7 Å². The van der Waals surface area contributed by atoms with E-state index in [1.165, 1.54) is 0 Å². The summed E-state index contributed by atoms with van der Waals surface area (Å²) in [5, 5.41) is 9.23. The zero-order valence-corrected chi connectivity index (χ0v) is 13.0. The summed E-state index contributed by atoms with van der Waals surface area (Å²) in [4.78, 5) is 13.1. The number of hydrogen-bond donors (Lipinski definition) is 0. The maximum Gasteiger partial charge on any atom is 0.267 e. The third kappa shape index (κ3) is 1.90. The minimum atomic E-state index is -0.0718. The highest BCUT2D eigenvalue weighted by atomic mass is 16.1. The Balaban J connectivity index is 2.28. The molecule has 0 aliphatic carbocycles. The van der Waals surface area contributed by atoms with Crippen LogP contribution in [0.3, 0.4) is 0 Å². The van der Waals surface area contributed by atoms with Gasteiger partial charge in [0.1, 0.15) is 5.82 Å². The fourth-order valence-corrected chi connectivity index (χ4v) is 3.02. The van der Waals surface area contributed by atoms with Gasteiger partial charge in [-0.15, -0.1) is 10.2 Å². The monoisotopic (exact) mass is 304 g/mol. The van der Waals surface area contributed by atoms with Crippen molar-refractivity contribution in [2.75, 3.05) is 0 Å². The number of rotatable bonds is 2. The van der Waals surface area contributed by atoms with Crippen molar-refractivity contribution in [3.8, 4) is 5.69 Å². The summed E-state index contributed by atoms with van der Waals surface area (Å²) in [6.45, 7) is 4.03. The molecule has 0 unspecified atom stereocenters. The second-order valence-electron chi connectivity index (χ2n) is 5.55. The third-order valence-corrected chi connectivity index (χ3v) is 4.16. The molecule has 114 valence electrons. The van der Waals surface area contributed by atoms with Crippen molar-refractivity contribution in [1.82, 2.24) is 19.2 Å². The normalized spacial score (nSPS) is 11.4. The second-order valence-corrected chi connectivity index (χ2v) is 5.55. The lowest BCUT2D eigenvalue weighted by atomic mass is 10.2. The van der Waals surface area contributed by atoms with Crippen molar-refractivity contribution in [1.29, 1.82) is 0 Å². The van der Waals surface area contributed by atoms with Crippen molar-refractivity contribution in [3.63, 3.8) is 0 Å². The van der Waals surface area contributed by atoms with Crippen LogP contribution in [0.5, 0.6) is 0 Å². The van der Waals surface area contributed by atoms with Crippen molar-refractivity contribution < 1.29 is 0 Å². The van der Waals surface area contributed by atoms with Crippen LogP contribution in [0.15, 0.2) is 53.3 Å². The fourth-order valence-electron chi connectivity index (χ4n) is 3.02. The number of para-hydroxylation sites is 2. The van der Waals surface area contributed by atoms with E-state index in [2.05, 4.69) is 10.2 Å². The van der Waals surface area contributed by atoms with E-state index in [9.17, 15) is 4.79 Å². The van der Waals surface area contributed by atoms with Crippen molar-refractivity contribution in [2.24, 2.45) is 0 Å². The molecule has 4 rings (SSSR count). The standard InChI is InChI=1S/C18H16N4O/c1-3-16-19-20-18-21(16)15-11-7-5-9-13(15)17(23)22(18)14-10-6-4-8-12(14)2/h4-11H,3H2,1-2H3. The van der Waals surface area contributed by atoms with Crippen LogP contribution in [-0.4, -0.2) is 19.2 Å². The van der Waals surface area contributed by atoms with Gasteiger partial charge in [-0.3, -0.25) is 9.20 Å². The summed E-state index contributed by atoms with van der Waals surface area (Å²) in [5.41, 5.74) is 2.63. The number of fused-ring (bicyclic) bond motifs is 3. The second kappa shape index (κ2) is 5.05. The topological polar surface area (TPSA) is 52.2 Å². The first-order chi connectivity index (χ1) is 11.2. The molecular weight excluding hydrogens is 288 g/mol. The molecule has 0 fully saturated rings. The number of benzene rings is 2. The first kappa shape index (κ1) is 13.7. The van der Waals surface area contributed by atoms with Crippen molar-refractivity contribution in [2.45, 2.75) is 20.3 Å². The van der Waals surface area contributed by atoms with E-state index in [1.54, 1.807) is 4.57 Å². The zero-order chi connectivity index (χ0) is 16.0. The molecule has 4 aromatic rings. The van der Waals surface area contributed by atoms with Crippen LogP contribution in [0.2, 0.25) is 0 Å². The molecule has 0 amide bonds. The molecule has 0 spiro atoms. The Morgan fingerprint density at radius 1 is 1.00 bits per heavy atom. The lowest BCUT2D eigenvalue weighted by Crippen LogP contribution is -2.22. The first-order valence-electron chi connectivity index (χ1n) is 7.66. The number of hydrogen-bond acceptors (Lipinski definition) is 3. The van der Waals surface area contributed by atoms with Crippen LogP contribution in [0, 0.1) is 6.92 Å². The Hall–Kier alpha value is -2.95. The Morgan fingerprint density at radius 2 is 1.74 bits per heavy atom. The van der Waals surface area contributed by atoms with Gasteiger partial charge in [-0.2, -0.15) is 0 Å². The zero-order valence-electron chi connectivity index (χ0n) is 13.0. The average Bonchev–Trinajstić information content (AvgIpc) is 3.00. The number of aromatic nitrogens is 4. The van der Waals surface area contributed by atoms with Crippen molar-refractivity contribution >= 4 is 16.7 Å². The molecule has 0 aliphatic rings. The molecule has 0 N–H and O–H groups in total. The minimum absolute atomic E-state index is 0.0718. The molecule has 2 aromatic heterocycles. The summed E-state index contributed by atoms with van der Waals surface area (Å²) in [6.07, 6.45) is 0.747. The van der Waals surface area contributed by atoms with Gasteiger partial charge in [-0.1, -0.05) is 37.3 Å². The van der Waals surface area contributed by atoms with E-state index in [0.29, 0.717) is 11.2 Å². The van der Waals surface area contributed by atoms with Crippen LogP contribution >= 0.6 is 0 Å². The Kier molecular flexibility index (Phi) is 3.01.